The van der Waals surface area contributed by atoms with Crippen LogP contribution in [0.1, 0.15) is 0 Å². The molecule has 1 aliphatic heterocycles. The molecular formula is C11H6O3. The first kappa shape index (κ1) is 7.38. The van der Waals surface area contributed by atoms with Crippen molar-refractivity contribution < 1.29 is 8.83 Å². The van der Waals surface area contributed by atoms with E-state index in [1.165, 1.54) is 6.26 Å². The molecule has 14 heavy (non-hydrogen) atoms. The molecule has 0 unspecified atom stereocenters. The first-order valence-electron chi connectivity index (χ1n) is 4.23. The number of rotatable bonds is 0. The maximum atomic E-state index is 11.5. The molecule has 68 valence electrons. The van der Waals surface area contributed by atoms with E-state index in [1.54, 1.807) is 30.7 Å². The predicted octanol–water partition coefficient (Wildman–Crippen LogP) is 2.49. The Balaban J connectivity index is 2.66. The number of furan rings is 1. The Kier molecular flexibility index (Phi) is 1.31. The van der Waals surface area contributed by atoms with Crippen LogP contribution in [0.3, 0.4) is 0 Å². The number of benzene rings is 1. The number of hydrogen-bond donors (Lipinski definition) is 0. The van der Waals surface area contributed by atoms with Crippen molar-refractivity contribution in [2.24, 2.45) is 0 Å². The van der Waals surface area contributed by atoms with E-state index in [0.717, 1.165) is 16.5 Å². The van der Waals surface area contributed by atoms with Gasteiger partial charge in [-0.25, -0.2) is 0 Å². The van der Waals surface area contributed by atoms with Gasteiger partial charge in [0.05, 0.1) is 18.8 Å². The highest BCUT2D eigenvalue weighted by molar-refractivity contribution is 5.94. The number of fused-ring (bicyclic) bond motifs is 3. The van der Waals surface area contributed by atoms with Crippen molar-refractivity contribution in [3.05, 3.63) is 47.2 Å². The summed E-state index contributed by atoms with van der Waals surface area (Å²) in [6.07, 6.45) is 4.68. The van der Waals surface area contributed by atoms with Crippen molar-refractivity contribution in [1.29, 1.82) is 0 Å². The highest BCUT2D eigenvalue weighted by Crippen LogP contribution is 2.28. The fraction of sp³-hybridized carbons (Fsp3) is 0. The smallest absolute Gasteiger partial charge is 0.222 e. The fourth-order valence-corrected chi connectivity index (χ4v) is 1.64. The third-order valence-corrected chi connectivity index (χ3v) is 2.29. The van der Waals surface area contributed by atoms with Crippen LogP contribution < -0.4 is 5.43 Å². The summed E-state index contributed by atoms with van der Waals surface area (Å²) in [6, 6.07) is 5.09. The van der Waals surface area contributed by atoms with Gasteiger partial charge >= 0.3 is 0 Å². The van der Waals surface area contributed by atoms with Crippen molar-refractivity contribution in [2.75, 3.05) is 0 Å². The van der Waals surface area contributed by atoms with Gasteiger partial charge in [0, 0.05) is 10.9 Å². The van der Waals surface area contributed by atoms with Crippen LogP contribution in [0.4, 0.5) is 0 Å². The van der Waals surface area contributed by atoms with Crippen LogP contribution in [-0.2, 0) is 0 Å². The van der Waals surface area contributed by atoms with Crippen LogP contribution in [0.15, 0.2) is 50.6 Å². The third-order valence-electron chi connectivity index (χ3n) is 2.29. The quantitative estimate of drug-likeness (QED) is 0.541. The Morgan fingerprint density at radius 1 is 1.14 bits per heavy atom. The van der Waals surface area contributed by atoms with Gasteiger partial charge in [-0.15, -0.1) is 0 Å². The van der Waals surface area contributed by atoms with Crippen LogP contribution in [0.25, 0.3) is 22.1 Å². The van der Waals surface area contributed by atoms with Gasteiger partial charge in [0.2, 0.25) is 5.43 Å². The highest BCUT2D eigenvalue weighted by Gasteiger charge is 2.11. The largest absolute Gasteiger partial charge is 0.472 e. The van der Waals surface area contributed by atoms with Gasteiger partial charge < -0.3 is 8.83 Å². The lowest BCUT2D eigenvalue weighted by Gasteiger charge is -2.02. The lowest BCUT2D eigenvalue weighted by molar-refractivity contribution is 0.552. The summed E-state index contributed by atoms with van der Waals surface area (Å²) in [5.41, 5.74) is 2.06. The molecule has 0 saturated carbocycles. The molecule has 3 rings (SSSR count). The second kappa shape index (κ2) is 2.48. The SMILES string of the molecule is O=c1cc2ccocc-2c2ccoc12. The first-order valence-corrected chi connectivity index (χ1v) is 4.23. The van der Waals surface area contributed by atoms with E-state index in [1.807, 2.05) is 0 Å². The molecule has 1 aromatic rings. The molecule has 3 heteroatoms. The maximum Gasteiger partial charge on any atom is 0.222 e. The van der Waals surface area contributed by atoms with Gasteiger partial charge in [0.25, 0.3) is 0 Å². The van der Waals surface area contributed by atoms with Crippen molar-refractivity contribution in [3.8, 4) is 11.1 Å². The molecule has 0 fully saturated rings. The van der Waals surface area contributed by atoms with E-state index in [4.69, 9.17) is 8.83 Å². The molecule has 0 atom stereocenters. The minimum atomic E-state index is -0.0938. The molecule has 2 aliphatic rings. The maximum absolute atomic E-state index is 11.5. The average molecular weight is 186 g/mol. The monoisotopic (exact) mass is 186 g/mol. The Labute approximate surface area is 78.9 Å². The minimum absolute atomic E-state index is 0.0938. The molecule has 2 heterocycles. The standard InChI is InChI=1S/C11H6O3/c12-10-5-7-1-3-13-6-9(7)8-2-4-14-11(8)10/h1-6H. The molecule has 1 aromatic heterocycles. The molecule has 0 N–H and O–H groups in total. The van der Waals surface area contributed by atoms with Gasteiger partial charge in [-0.2, -0.15) is 0 Å². The average Bonchev–Trinajstić information content (AvgIpc) is 2.67. The minimum Gasteiger partial charge on any atom is -0.472 e. The van der Waals surface area contributed by atoms with Crippen LogP contribution in [0.2, 0.25) is 0 Å². The Morgan fingerprint density at radius 2 is 2.07 bits per heavy atom. The summed E-state index contributed by atoms with van der Waals surface area (Å²) in [4.78, 5) is 11.5. The number of hydrogen-bond acceptors (Lipinski definition) is 3. The van der Waals surface area contributed by atoms with Gasteiger partial charge in [-0.1, -0.05) is 0 Å². The third kappa shape index (κ3) is 0.836. The molecule has 0 aromatic carbocycles. The zero-order valence-corrected chi connectivity index (χ0v) is 7.19. The predicted molar refractivity (Wildman–Crippen MR) is 51.4 cm³/mol. The Morgan fingerprint density at radius 3 is 3.00 bits per heavy atom. The Bertz CT molecular complexity index is 618. The summed E-state index contributed by atoms with van der Waals surface area (Å²) in [6.45, 7) is 0. The van der Waals surface area contributed by atoms with Gasteiger partial charge in [-0.05, 0) is 23.8 Å². The van der Waals surface area contributed by atoms with E-state index in [9.17, 15) is 4.79 Å². The van der Waals surface area contributed by atoms with E-state index < -0.39 is 0 Å². The molecule has 0 spiro atoms. The van der Waals surface area contributed by atoms with Crippen molar-refractivity contribution >= 4 is 11.0 Å². The summed E-state index contributed by atoms with van der Waals surface area (Å²) < 4.78 is 10.2. The van der Waals surface area contributed by atoms with Crippen molar-refractivity contribution in [1.82, 2.24) is 0 Å². The second-order valence-electron chi connectivity index (χ2n) is 3.10. The molecule has 3 nitrogen and oxygen atoms in total. The van der Waals surface area contributed by atoms with E-state index >= 15 is 0 Å². The second-order valence-corrected chi connectivity index (χ2v) is 3.10. The van der Waals surface area contributed by atoms with Crippen LogP contribution in [0, 0.1) is 0 Å². The summed E-state index contributed by atoms with van der Waals surface area (Å²) >= 11 is 0. The topological polar surface area (TPSA) is 43.4 Å². The van der Waals surface area contributed by atoms with Gasteiger partial charge in [0.1, 0.15) is 0 Å². The summed E-state index contributed by atoms with van der Waals surface area (Å²) in [7, 11) is 0. The zero-order valence-electron chi connectivity index (χ0n) is 7.19. The normalized spacial score (nSPS) is 11.1. The Hall–Kier alpha value is -2.03. The summed E-state index contributed by atoms with van der Waals surface area (Å²) in [5, 5.41) is 0.803. The van der Waals surface area contributed by atoms with E-state index in [-0.39, 0.29) is 5.43 Å². The van der Waals surface area contributed by atoms with E-state index in [2.05, 4.69) is 0 Å². The van der Waals surface area contributed by atoms with Crippen LogP contribution >= 0.6 is 0 Å². The van der Waals surface area contributed by atoms with Gasteiger partial charge in [0.15, 0.2) is 5.58 Å². The lowest BCUT2D eigenvalue weighted by Crippen LogP contribution is -1.99. The van der Waals surface area contributed by atoms with Crippen molar-refractivity contribution in [2.45, 2.75) is 0 Å². The summed E-state index contributed by atoms with van der Waals surface area (Å²) in [5.74, 6) is 0. The van der Waals surface area contributed by atoms with E-state index in [0.29, 0.717) is 5.58 Å². The molecule has 1 aliphatic carbocycles. The van der Waals surface area contributed by atoms with Crippen LogP contribution in [0.5, 0.6) is 0 Å². The lowest BCUT2D eigenvalue weighted by atomic mass is 10.0. The molecule has 0 bridgehead atoms. The molecule has 0 radical (unpaired) electrons. The molecular weight excluding hydrogens is 180 g/mol. The van der Waals surface area contributed by atoms with Crippen molar-refractivity contribution in [3.63, 3.8) is 0 Å². The van der Waals surface area contributed by atoms with Crippen LogP contribution in [-0.4, -0.2) is 0 Å². The highest BCUT2D eigenvalue weighted by atomic mass is 16.3. The first-order chi connectivity index (χ1) is 6.86. The molecule has 0 amide bonds. The fourth-order valence-electron chi connectivity index (χ4n) is 1.64. The van der Waals surface area contributed by atoms with Gasteiger partial charge in [-0.3, -0.25) is 4.79 Å². The molecule has 0 saturated heterocycles. The zero-order chi connectivity index (χ0) is 9.54.